The molecule has 0 aliphatic rings. The molecule has 6 heteroatoms. The molecule has 1 aromatic carbocycles. The third-order valence-electron chi connectivity index (χ3n) is 2.84. The van der Waals surface area contributed by atoms with Crippen LogP contribution in [0.4, 0.5) is 0 Å². The van der Waals surface area contributed by atoms with E-state index in [1.807, 2.05) is 31.3 Å². The molecular formula is C12H13Cl2N3S. The van der Waals surface area contributed by atoms with Crippen molar-refractivity contribution >= 4 is 34.5 Å². The van der Waals surface area contributed by atoms with Crippen molar-refractivity contribution in [1.29, 1.82) is 0 Å². The zero-order valence-electron chi connectivity index (χ0n) is 10.1. The van der Waals surface area contributed by atoms with Gasteiger partial charge >= 0.3 is 0 Å². The van der Waals surface area contributed by atoms with Crippen LogP contribution in [0.1, 0.15) is 23.5 Å². The predicted molar refractivity (Wildman–Crippen MR) is 76.3 cm³/mol. The van der Waals surface area contributed by atoms with Gasteiger partial charge in [-0.15, -0.1) is 10.2 Å². The molecule has 96 valence electrons. The molecule has 3 nitrogen and oxygen atoms in total. The molecular weight excluding hydrogens is 289 g/mol. The van der Waals surface area contributed by atoms with E-state index in [2.05, 4.69) is 22.0 Å². The Balaban J connectivity index is 2.09. The molecule has 0 fully saturated rings. The molecule has 0 saturated heterocycles. The van der Waals surface area contributed by atoms with Crippen LogP contribution in [0.3, 0.4) is 0 Å². The highest BCUT2D eigenvalue weighted by molar-refractivity contribution is 7.15. The minimum Gasteiger partial charge on any atom is -0.293 e. The number of aromatic nitrogens is 2. The van der Waals surface area contributed by atoms with Crippen molar-refractivity contribution in [3.05, 3.63) is 44.3 Å². The quantitative estimate of drug-likeness (QED) is 0.853. The number of halogens is 2. The summed E-state index contributed by atoms with van der Waals surface area (Å²) in [6.07, 6.45) is 0. The lowest BCUT2D eigenvalue weighted by molar-refractivity contribution is 0.252. The van der Waals surface area contributed by atoms with Crippen LogP contribution < -0.4 is 0 Å². The van der Waals surface area contributed by atoms with Crippen LogP contribution in [0.2, 0.25) is 9.49 Å². The van der Waals surface area contributed by atoms with Gasteiger partial charge < -0.3 is 0 Å². The maximum absolute atomic E-state index is 6.20. The van der Waals surface area contributed by atoms with Crippen LogP contribution in [0.15, 0.2) is 24.3 Å². The summed E-state index contributed by atoms with van der Waals surface area (Å²) in [6.45, 7) is 2.82. The van der Waals surface area contributed by atoms with Gasteiger partial charge in [0.25, 0.3) is 0 Å². The van der Waals surface area contributed by atoms with Crippen LogP contribution in [0, 0.1) is 0 Å². The molecule has 0 bridgehead atoms. The molecule has 2 aromatic rings. The maximum atomic E-state index is 6.20. The lowest BCUT2D eigenvalue weighted by Crippen LogP contribution is -2.22. The van der Waals surface area contributed by atoms with Crippen LogP contribution in [0.25, 0.3) is 0 Å². The SMILES string of the molecule is CC(c1ccccc1Cl)N(C)Cc1nnc(Cl)s1. The second-order valence-electron chi connectivity index (χ2n) is 4.06. The Labute approximate surface area is 120 Å². The first kappa shape index (κ1) is 13.7. The highest BCUT2D eigenvalue weighted by atomic mass is 35.5. The first-order valence-corrected chi connectivity index (χ1v) is 7.07. The summed E-state index contributed by atoms with van der Waals surface area (Å²) in [6, 6.07) is 8.08. The summed E-state index contributed by atoms with van der Waals surface area (Å²) in [5.74, 6) is 0. The summed E-state index contributed by atoms with van der Waals surface area (Å²) in [4.78, 5) is 2.16. The summed E-state index contributed by atoms with van der Waals surface area (Å²) < 4.78 is 0.476. The van der Waals surface area contributed by atoms with Gasteiger partial charge in [-0.3, -0.25) is 4.90 Å². The fourth-order valence-corrected chi connectivity index (χ4v) is 2.92. The lowest BCUT2D eigenvalue weighted by Gasteiger charge is -2.24. The second kappa shape index (κ2) is 5.97. The fraction of sp³-hybridized carbons (Fsp3) is 0.333. The van der Waals surface area contributed by atoms with E-state index in [1.165, 1.54) is 11.3 Å². The Hall–Kier alpha value is -0.680. The van der Waals surface area contributed by atoms with Gasteiger partial charge in [0.1, 0.15) is 5.01 Å². The van der Waals surface area contributed by atoms with Gasteiger partial charge in [-0.1, -0.05) is 41.1 Å². The number of rotatable bonds is 4. The van der Waals surface area contributed by atoms with Crippen molar-refractivity contribution in [2.75, 3.05) is 7.05 Å². The Morgan fingerprint density at radius 2 is 2.00 bits per heavy atom. The molecule has 0 radical (unpaired) electrons. The third kappa shape index (κ3) is 3.20. The van der Waals surface area contributed by atoms with E-state index in [0.717, 1.165) is 15.6 Å². The molecule has 0 spiro atoms. The smallest absolute Gasteiger partial charge is 0.207 e. The Morgan fingerprint density at radius 1 is 1.28 bits per heavy atom. The second-order valence-corrected chi connectivity index (χ2v) is 6.11. The average Bonchev–Trinajstić information content (AvgIpc) is 2.74. The molecule has 0 N–H and O–H groups in total. The number of benzene rings is 1. The van der Waals surface area contributed by atoms with E-state index in [9.17, 15) is 0 Å². The van der Waals surface area contributed by atoms with Crippen molar-refractivity contribution in [2.24, 2.45) is 0 Å². The molecule has 0 amide bonds. The summed E-state index contributed by atoms with van der Waals surface area (Å²) in [5, 5.41) is 9.51. The number of hydrogen-bond acceptors (Lipinski definition) is 4. The van der Waals surface area contributed by atoms with E-state index in [1.54, 1.807) is 0 Å². The zero-order valence-corrected chi connectivity index (χ0v) is 12.4. The van der Waals surface area contributed by atoms with Gasteiger partial charge in [0, 0.05) is 11.1 Å². The van der Waals surface area contributed by atoms with Gasteiger partial charge in [0.15, 0.2) is 0 Å². The normalized spacial score (nSPS) is 12.9. The maximum Gasteiger partial charge on any atom is 0.207 e. The largest absolute Gasteiger partial charge is 0.293 e. The van der Waals surface area contributed by atoms with Gasteiger partial charge in [0.05, 0.1) is 6.54 Å². The molecule has 0 aliphatic heterocycles. The minimum atomic E-state index is 0.210. The van der Waals surface area contributed by atoms with Gasteiger partial charge in [-0.05, 0) is 37.2 Å². The summed E-state index contributed by atoms with van der Waals surface area (Å²) in [5.41, 5.74) is 1.11. The average molecular weight is 302 g/mol. The molecule has 2 rings (SSSR count). The minimum absolute atomic E-state index is 0.210. The molecule has 1 aromatic heterocycles. The van der Waals surface area contributed by atoms with Crippen LogP contribution in [-0.2, 0) is 6.54 Å². The highest BCUT2D eigenvalue weighted by Gasteiger charge is 2.16. The Morgan fingerprint density at radius 3 is 2.61 bits per heavy atom. The van der Waals surface area contributed by atoms with Gasteiger partial charge in [-0.2, -0.15) is 0 Å². The molecule has 1 heterocycles. The predicted octanol–water partition coefficient (Wildman–Crippen LogP) is 4.04. The summed E-state index contributed by atoms with van der Waals surface area (Å²) >= 11 is 13.4. The Bertz CT molecular complexity index is 530. The van der Waals surface area contributed by atoms with E-state index >= 15 is 0 Å². The van der Waals surface area contributed by atoms with E-state index < -0.39 is 0 Å². The van der Waals surface area contributed by atoms with Crippen LogP contribution >= 0.6 is 34.5 Å². The number of hydrogen-bond donors (Lipinski definition) is 0. The zero-order chi connectivity index (χ0) is 13.1. The van der Waals surface area contributed by atoms with E-state index in [-0.39, 0.29) is 6.04 Å². The third-order valence-corrected chi connectivity index (χ3v) is 4.19. The summed E-state index contributed by atoms with van der Waals surface area (Å²) in [7, 11) is 2.03. The first-order chi connectivity index (χ1) is 8.58. The van der Waals surface area contributed by atoms with Crippen molar-refractivity contribution in [3.63, 3.8) is 0 Å². The lowest BCUT2D eigenvalue weighted by atomic mass is 10.1. The van der Waals surface area contributed by atoms with Crippen molar-refractivity contribution < 1.29 is 0 Å². The van der Waals surface area contributed by atoms with Crippen LogP contribution in [0.5, 0.6) is 0 Å². The fourth-order valence-electron chi connectivity index (χ4n) is 1.70. The topological polar surface area (TPSA) is 29.0 Å². The van der Waals surface area contributed by atoms with Crippen molar-refractivity contribution in [2.45, 2.75) is 19.5 Å². The standard InChI is InChI=1S/C12H13Cl2N3S/c1-8(9-5-3-4-6-10(9)13)17(2)7-11-15-16-12(14)18-11/h3-6,8H,7H2,1-2H3. The molecule has 1 atom stereocenters. The van der Waals surface area contributed by atoms with E-state index in [0.29, 0.717) is 11.0 Å². The monoisotopic (exact) mass is 301 g/mol. The first-order valence-electron chi connectivity index (χ1n) is 5.50. The van der Waals surface area contributed by atoms with Gasteiger partial charge in [-0.25, -0.2) is 0 Å². The molecule has 18 heavy (non-hydrogen) atoms. The van der Waals surface area contributed by atoms with Crippen LogP contribution in [-0.4, -0.2) is 22.1 Å². The van der Waals surface area contributed by atoms with Crippen molar-refractivity contribution in [3.8, 4) is 0 Å². The molecule has 1 unspecified atom stereocenters. The highest BCUT2D eigenvalue weighted by Crippen LogP contribution is 2.27. The van der Waals surface area contributed by atoms with E-state index in [4.69, 9.17) is 23.2 Å². The molecule has 0 aliphatic carbocycles. The van der Waals surface area contributed by atoms with Crippen molar-refractivity contribution in [1.82, 2.24) is 15.1 Å². The van der Waals surface area contributed by atoms with Gasteiger partial charge in [0.2, 0.25) is 4.47 Å². The Kier molecular flexibility index (Phi) is 4.56. The molecule has 0 saturated carbocycles. The number of nitrogens with zero attached hydrogens (tertiary/aromatic N) is 3.